The average molecular weight is 686 g/mol. The second-order valence-corrected chi connectivity index (χ2v) is 14.1. The molecule has 48 heavy (non-hydrogen) atoms. The van der Waals surface area contributed by atoms with Crippen LogP contribution in [0.1, 0.15) is 33.6 Å². The number of anilines is 1. The molecule has 1 unspecified atom stereocenters. The second-order valence-electron chi connectivity index (χ2n) is 10.7. The lowest BCUT2D eigenvalue weighted by Gasteiger charge is -2.03. The summed E-state index contributed by atoms with van der Waals surface area (Å²) in [5.74, 6) is 0.794. The number of benzene rings is 4. The Morgan fingerprint density at radius 2 is 1.40 bits per heavy atom. The van der Waals surface area contributed by atoms with Crippen LogP contribution in [0.4, 0.5) is 5.69 Å². The Morgan fingerprint density at radius 1 is 0.729 bits per heavy atom. The number of rotatable bonds is 0. The van der Waals surface area contributed by atoms with Gasteiger partial charge in [0.25, 0.3) is 0 Å². The Kier molecular flexibility index (Phi) is 10.9. The number of hydrogen-bond acceptors (Lipinski definition) is 12. The highest BCUT2D eigenvalue weighted by Crippen LogP contribution is 2.47. The minimum absolute atomic E-state index is 0.0572. The molecule has 12 heteroatoms. The molecule has 6 aromatic rings. The van der Waals surface area contributed by atoms with E-state index in [-0.39, 0.29) is 4.58 Å². The molecule has 9 nitrogen and oxygen atoms in total. The SMILES string of the molecule is Cc1ccc2c(C#N)noc2c1.Cc1ccc2c(c1)N(C#N)CO2.Cc1ccc2c(c1)SC(C#N)S2.Cc1ccc2snc(C#N)c2c1. The summed E-state index contributed by atoms with van der Waals surface area (Å²) in [4.78, 5) is 4.03. The average Bonchev–Trinajstić information content (AvgIpc) is 3.89. The first-order valence-corrected chi connectivity index (χ1v) is 17.0. The van der Waals surface area contributed by atoms with Crippen LogP contribution in [0.5, 0.6) is 5.75 Å². The molecule has 8 rings (SSSR count). The summed E-state index contributed by atoms with van der Waals surface area (Å²) in [6, 6.07) is 30.1. The van der Waals surface area contributed by atoms with E-state index in [1.807, 2.05) is 81.4 Å². The van der Waals surface area contributed by atoms with Crippen LogP contribution in [0.2, 0.25) is 0 Å². The number of nitriles is 4. The first-order chi connectivity index (χ1) is 23.2. The quantitative estimate of drug-likeness (QED) is 0.141. The third-order valence-electron chi connectivity index (χ3n) is 7.01. The van der Waals surface area contributed by atoms with Crippen LogP contribution < -0.4 is 9.64 Å². The molecule has 4 aromatic carbocycles. The van der Waals surface area contributed by atoms with Crippen LogP contribution in [0.25, 0.3) is 21.1 Å². The van der Waals surface area contributed by atoms with Gasteiger partial charge in [-0.2, -0.15) is 25.4 Å². The van der Waals surface area contributed by atoms with Crippen LogP contribution >= 0.6 is 35.1 Å². The number of ether oxygens (including phenoxy) is 1. The number of nitrogens with zero attached hydrogens (tertiary/aromatic N) is 7. The van der Waals surface area contributed by atoms with Crippen LogP contribution in [0, 0.1) is 73.1 Å². The van der Waals surface area contributed by atoms with Crippen LogP contribution in [0.3, 0.4) is 0 Å². The van der Waals surface area contributed by atoms with E-state index >= 15 is 0 Å². The van der Waals surface area contributed by atoms with E-state index in [0.717, 1.165) is 38.0 Å². The summed E-state index contributed by atoms with van der Waals surface area (Å²) >= 11 is 4.67. The third-order valence-corrected chi connectivity index (χ3v) is 10.4. The highest BCUT2D eigenvalue weighted by atomic mass is 32.2. The fourth-order valence-electron chi connectivity index (χ4n) is 4.62. The van der Waals surface area contributed by atoms with E-state index < -0.39 is 0 Å². The molecule has 236 valence electrons. The van der Waals surface area contributed by atoms with E-state index in [1.165, 1.54) is 37.4 Å². The predicted molar refractivity (Wildman–Crippen MR) is 190 cm³/mol. The number of aryl methyl sites for hydroxylation is 4. The summed E-state index contributed by atoms with van der Waals surface area (Å²) in [5, 5.41) is 40.1. The highest BCUT2D eigenvalue weighted by Gasteiger charge is 2.22. The zero-order valence-corrected chi connectivity index (χ0v) is 28.8. The Hall–Kier alpha value is -5.50. The van der Waals surface area contributed by atoms with Gasteiger partial charge < -0.3 is 9.26 Å². The molecule has 1 atom stereocenters. The molecule has 0 amide bonds. The largest absolute Gasteiger partial charge is 0.470 e. The molecule has 0 spiro atoms. The molecule has 0 N–H and O–H groups in total. The number of aromatic nitrogens is 2. The van der Waals surface area contributed by atoms with Crippen molar-refractivity contribution in [3.63, 3.8) is 0 Å². The zero-order valence-electron chi connectivity index (χ0n) is 26.4. The van der Waals surface area contributed by atoms with Gasteiger partial charge in [-0.3, -0.25) is 0 Å². The summed E-state index contributed by atoms with van der Waals surface area (Å²) in [6.45, 7) is 8.39. The van der Waals surface area contributed by atoms with Crippen molar-refractivity contribution in [3.8, 4) is 30.2 Å². The van der Waals surface area contributed by atoms with Crippen molar-refractivity contribution < 1.29 is 9.26 Å². The maximum absolute atomic E-state index is 8.72. The maximum Gasteiger partial charge on any atom is 0.191 e. The van der Waals surface area contributed by atoms with Gasteiger partial charge in [0.15, 0.2) is 29.9 Å². The van der Waals surface area contributed by atoms with Crippen LogP contribution in [0.15, 0.2) is 87.1 Å². The van der Waals surface area contributed by atoms with Crippen molar-refractivity contribution in [2.24, 2.45) is 0 Å². The van der Waals surface area contributed by atoms with Gasteiger partial charge in [0, 0.05) is 15.2 Å². The van der Waals surface area contributed by atoms with Crippen molar-refractivity contribution in [2.45, 2.75) is 42.1 Å². The van der Waals surface area contributed by atoms with E-state index in [1.54, 1.807) is 23.5 Å². The van der Waals surface area contributed by atoms with Crippen LogP contribution in [-0.4, -0.2) is 20.8 Å². The topological polar surface area (TPSA) is 147 Å². The molecule has 0 bridgehead atoms. The molecule has 4 heterocycles. The molecule has 0 radical (unpaired) electrons. The highest BCUT2D eigenvalue weighted by molar-refractivity contribution is 8.19. The Balaban J connectivity index is 0.000000125. The fourth-order valence-corrected chi connectivity index (χ4v) is 7.76. The Morgan fingerprint density at radius 3 is 2.15 bits per heavy atom. The minimum atomic E-state index is 0.0572. The molecular formula is C36H27N7O2S3. The summed E-state index contributed by atoms with van der Waals surface area (Å²) in [5.41, 5.74) is 7.11. The molecule has 2 aromatic heterocycles. The summed E-state index contributed by atoms with van der Waals surface area (Å²) in [7, 11) is 0. The van der Waals surface area contributed by atoms with Gasteiger partial charge in [-0.05, 0) is 104 Å². The molecule has 2 aliphatic heterocycles. The van der Waals surface area contributed by atoms with Crippen molar-refractivity contribution in [2.75, 3.05) is 11.6 Å². The smallest absolute Gasteiger partial charge is 0.191 e. The van der Waals surface area contributed by atoms with Gasteiger partial charge in [0.05, 0.1) is 21.8 Å². The van der Waals surface area contributed by atoms with Crippen molar-refractivity contribution in [3.05, 3.63) is 106 Å². The first-order valence-electron chi connectivity index (χ1n) is 14.5. The molecule has 0 saturated heterocycles. The van der Waals surface area contributed by atoms with Gasteiger partial charge in [0.2, 0.25) is 0 Å². The molecule has 0 aliphatic carbocycles. The fraction of sp³-hybridized carbons (Fsp3) is 0.167. The van der Waals surface area contributed by atoms with E-state index in [2.05, 4.69) is 53.0 Å². The van der Waals surface area contributed by atoms with Gasteiger partial charge in [0.1, 0.15) is 22.5 Å². The summed E-state index contributed by atoms with van der Waals surface area (Å²) < 4.78 is 15.4. The Bertz CT molecular complexity index is 2290. The molecular weight excluding hydrogens is 659 g/mol. The maximum atomic E-state index is 8.72. The minimum Gasteiger partial charge on any atom is -0.470 e. The second kappa shape index (κ2) is 15.4. The van der Waals surface area contributed by atoms with Crippen molar-refractivity contribution in [1.29, 1.82) is 21.0 Å². The molecule has 0 fully saturated rings. The lowest BCUT2D eigenvalue weighted by Crippen LogP contribution is -2.14. The monoisotopic (exact) mass is 685 g/mol. The van der Waals surface area contributed by atoms with Gasteiger partial charge >= 0.3 is 0 Å². The summed E-state index contributed by atoms with van der Waals surface area (Å²) in [6.07, 6.45) is 2.06. The number of fused-ring (bicyclic) bond motifs is 4. The number of hydrogen-bond donors (Lipinski definition) is 0. The lowest BCUT2D eigenvalue weighted by atomic mass is 10.1. The zero-order chi connectivity index (χ0) is 34.2. The van der Waals surface area contributed by atoms with Gasteiger partial charge in [-0.1, -0.05) is 58.5 Å². The lowest BCUT2D eigenvalue weighted by molar-refractivity contribution is 0.358. The van der Waals surface area contributed by atoms with Gasteiger partial charge in [-0.15, -0.1) is 0 Å². The van der Waals surface area contributed by atoms with E-state index in [0.29, 0.717) is 23.7 Å². The Labute approximate surface area is 290 Å². The number of thioether (sulfide) groups is 2. The van der Waals surface area contributed by atoms with Gasteiger partial charge in [-0.25, -0.2) is 4.90 Å². The van der Waals surface area contributed by atoms with Crippen molar-refractivity contribution in [1.82, 2.24) is 9.53 Å². The standard InChI is InChI=1S/C9H8N2O.C9H6N2O.C9H6N2S.C9H7NS2/c1-7-2-3-9-8(4-7)11(5-10)6-12-9;1-6-2-3-7-8(5-10)11-12-9(7)4-6;1-6-2-3-9-7(4-6)8(5-10)11-12-9;1-6-2-3-7-8(4-6)12-9(5-10)11-7/h2-4H,6H2,1H3;2*2-4H,1H3;2-4,9H,1H3. The third kappa shape index (κ3) is 7.89. The van der Waals surface area contributed by atoms with Crippen LogP contribution in [-0.2, 0) is 0 Å². The van der Waals surface area contributed by atoms with Crippen molar-refractivity contribution >= 4 is 61.8 Å². The molecule has 0 saturated carbocycles. The van der Waals surface area contributed by atoms with E-state index in [9.17, 15) is 0 Å². The first kappa shape index (κ1) is 33.9. The predicted octanol–water partition coefficient (Wildman–Crippen LogP) is 9.16. The van der Waals surface area contributed by atoms with E-state index in [4.69, 9.17) is 30.3 Å². The molecule has 2 aliphatic rings. The normalized spacial score (nSPS) is 13.4.